The Hall–Kier alpha value is -0.920. The summed E-state index contributed by atoms with van der Waals surface area (Å²) in [5.41, 5.74) is 0.0425. The maximum absolute atomic E-state index is 12.3. The number of hydrogen-bond donors (Lipinski definition) is 2. The van der Waals surface area contributed by atoms with Crippen LogP contribution in [0.1, 0.15) is 37.1 Å². The number of aliphatic hydroxyl groups excluding tert-OH is 1. The van der Waals surface area contributed by atoms with E-state index in [1.807, 2.05) is 0 Å². The van der Waals surface area contributed by atoms with Crippen LogP contribution in [0.15, 0.2) is 9.42 Å². The van der Waals surface area contributed by atoms with Gasteiger partial charge in [-0.05, 0) is 26.7 Å². The first-order valence-corrected chi connectivity index (χ1v) is 7.92. The minimum Gasteiger partial charge on any atom is -0.396 e. The topological polar surface area (TPSA) is 92.4 Å². The summed E-state index contributed by atoms with van der Waals surface area (Å²) in [5, 5.41) is 13.1. The minimum atomic E-state index is -3.63. The molecule has 2 N–H and O–H groups in total. The normalized spacial score (nSPS) is 18.9. The van der Waals surface area contributed by atoms with Crippen LogP contribution in [0.25, 0.3) is 0 Å². The Morgan fingerprint density at radius 2 is 2.00 bits per heavy atom. The molecule has 108 valence electrons. The van der Waals surface area contributed by atoms with E-state index >= 15 is 0 Å². The summed E-state index contributed by atoms with van der Waals surface area (Å²) >= 11 is 0. The summed E-state index contributed by atoms with van der Waals surface area (Å²) in [6.45, 7) is 3.45. The van der Waals surface area contributed by atoms with E-state index in [0.717, 1.165) is 25.7 Å². The van der Waals surface area contributed by atoms with Gasteiger partial charge in [-0.1, -0.05) is 18.0 Å². The van der Waals surface area contributed by atoms with Crippen LogP contribution < -0.4 is 4.72 Å². The molecule has 19 heavy (non-hydrogen) atoms. The highest BCUT2D eigenvalue weighted by molar-refractivity contribution is 7.89. The van der Waals surface area contributed by atoms with Crippen molar-refractivity contribution in [3.8, 4) is 0 Å². The highest BCUT2D eigenvalue weighted by atomic mass is 32.2. The number of nitrogens with zero attached hydrogens (tertiary/aromatic N) is 1. The predicted molar refractivity (Wildman–Crippen MR) is 69.2 cm³/mol. The van der Waals surface area contributed by atoms with Gasteiger partial charge in [0.1, 0.15) is 10.6 Å². The van der Waals surface area contributed by atoms with E-state index in [1.165, 1.54) is 0 Å². The van der Waals surface area contributed by atoms with Crippen molar-refractivity contribution in [2.75, 3.05) is 13.2 Å². The minimum absolute atomic E-state index is 0.0110. The van der Waals surface area contributed by atoms with Crippen LogP contribution in [0.3, 0.4) is 0 Å². The second-order valence-electron chi connectivity index (χ2n) is 5.34. The highest BCUT2D eigenvalue weighted by Crippen LogP contribution is 2.37. The fourth-order valence-corrected chi connectivity index (χ4v) is 4.18. The number of nitrogens with one attached hydrogen (secondary N) is 1. The van der Waals surface area contributed by atoms with Crippen molar-refractivity contribution in [3.05, 3.63) is 11.5 Å². The monoisotopic (exact) mass is 288 g/mol. The van der Waals surface area contributed by atoms with Gasteiger partial charge >= 0.3 is 0 Å². The summed E-state index contributed by atoms with van der Waals surface area (Å²) in [6, 6.07) is 0. The van der Waals surface area contributed by atoms with Gasteiger partial charge in [0, 0.05) is 18.6 Å². The van der Waals surface area contributed by atoms with Crippen molar-refractivity contribution in [2.45, 2.75) is 44.4 Å². The van der Waals surface area contributed by atoms with Crippen molar-refractivity contribution >= 4 is 10.0 Å². The first-order chi connectivity index (χ1) is 8.90. The average Bonchev–Trinajstić information content (AvgIpc) is 2.95. The number of sulfonamides is 1. The van der Waals surface area contributed by atoms with Crippen LogP contribution >= 0.6 is 0 Å². The van der Waals surface area contributed by atoms with E-state index < -0.39 is 10.0 Å². The molecule has 1 aliphatic carbocycles. The number of rotatable bonds is 5. The molecular formula is C12H20N2O4S. The van der Waals surface area contributed by atoms with Gasteiger partial charge in [0.15, 0.2) is 5.76 Å². The maximum Gasteiger partial charge on any atom is 0.245 e. The lowest BCUT2D eigenvalue weighted by Gasteiger charge is -2.26. The van der Waals surface area contributed by atoms with E-state index in [-0.39, 0.29) is 29.2 Å². The third kappa shape index (κ3) is 2.82. The molecule has 1 aromatic heterocycles. The summed E-state index contributed by atoms with van der Waals surface area (Å²) in [6.07, 6.45) is 3.78. The molecule has 2 rings (SSSR count). The molecule has 1 aromatic rings. The molecule has 1 fully saturated rings. The molecule has 0 saturated heterocycles. The zero-order chi connectivity index (χ0) is 14.1. The van der Waals surface area contributed by atoms with Crippen LogP contribution in [-0.2, 0) is 10.0 Å². The SMILES string of the molecule is Cc1noc(C)c1S(=O)(=O)NCC1(CO)CCCC1. The average molecular weight is 288 g/mol. The Labute approximate surface area is 113 Å². The second kappa shape index (κ2) is 5.22. The van der Waals surface area contributed by atoms with E-state index in [2.05, 4.69) is 9.88 Å². The molecular weight excluding hydrogens is 268 g/mol. The molecule has 0 amide bonds. The van der Waals surface area contributed by atoms with Crippen molar-refractivity contribution < 1.29 is 18.0 Å². The molecule has 1 saturated carbocycles. The summed E-state index contributed by atoms with van der Waals surface area (Å²) in [5.74, 6) is 0.287. The van der Waals surface area contributed by atoms with Crippen molar-refractivity contribution in [1.29, 1.82) is 0 Å². The molecule has 0 atom stereocenters. The van der Waals surface area contributed by atoms with Gasteiger partial charge < -0.3 is 9.63 Å². The molecule has 0 radical (unpaired) electrons. The Bertz CT molecular complexity index is 525. The number of hydrogen-bond acceptors (Lipinski definition) is 5. The van der Waals surface area contributed by atoms with Gasteiger partial charge in [-0.25, -0.2) is 13.1 Å². The van der Waals surface area contributed by atoms with Gasteiger partial charge in [-0.3, -0.25) is 0 Å². The van der Waals surface area contributed by atoms with Gasteiger partial charge in [0.2, 0.25) is 10.0 Å². The van der Waals surface area contributed by atoms with E-state index in [0.29, 0.717) is 5.69 Å². The highest BCUT2D eigenvalue weighted by Gasteiger charge is 2.35. The molecule has 0 spiro atoms. The van der Waals surface area contributed by atoms with Crippen LogP contribution in [0.5, 0.6) is 0 Å². The van der Waals surface area contributed by atoms with Gasteiger partial charge in [0.25, 0.3) is 0 Å². The Kier molecular flexibility index (Phi) is 3.98. The predicted octanol–water partition coefficient (Wildman–Crippen LogP) is 1.12. The number of aliphatic hydroxyl groups is 1. The Balaban J connectivity index is 2.14. The molecule has 0 bridgehead atoms. The second-order valence-corrected chi connectivity index (χ2v) is 7.05. The van der Waals surface area contributed by atoms with Crippen molar-refractivity contribution in [3.63, 3.8) is 0 Å². The summed E-state index contributed by atoms with van der Waals surface area (Å²) in [7, 11) is -3.63. The van der Waals surface area contributed by atoms with Crippen LogP contribution in [0.4, 0.5) is 0 Å². The Morgan fingerprint density at radius 1 is 1.37 bits per heavy atom. The van der Waals surface area contributed by atoms with Gasteiger partial charge in [-0.2, -0.15) is 0 Å². The largest absolute Gasteiger partial charge is 0.396 e. The third-order valence-corrected chi connectivity index (χ3v) is 5.52. The lowest BCUT2D eigenvalue weighted by atomic mass is 9.88. The number of aryl methyl sites for hydroxylation is 2. The van der Waals surface area contributed by atoms with Crippen LogP contribution in [-0.4, -0.2) is 31.8 Å². The van der Waals surface area contributed by atoms with Crippen LogP contribution in [0, 0.1) is 19.3 Å². The fraction of sp³-hybridized carbons (Fsp3) is 0.750. The molecule has 0 aromatic carbocycles. The molecule has 1 heterocycles. The molecule has 6 nitrogen and oxygen atoms in total. The van der Waals surface area contributed by atoms with Gasteiger partial charge in [-0.15, -0.1) is 0 Å². The lowest BCUT2D eigenvalue weighted by molar-refractivity contribution is 0.134. The van der Waals surface area contributed by atoms with Crippen molar-refractivity contribution in [1.82, 2.24) is 9.88 Å². The zero-order valence-electron chi connectivity index (χ0n) is 11.3. The summed E-state index contributed by atoms with van der Waals surface area (Å²) < 4.78 is 32.0. The smallest absolute Gasteiger partial charge is 0.245 e. The van der Waals surface area contributed by atoms with E-state index in [1.54, 1.807) is 13.8 Å². The molecule has 0 unspecified atom stereocenters. The number of aromatic nitrogens is 1. The maximum atomic E-state index is 12.3. The lowest BCUT2D eigenvalue weighted by Crippen LogP contribution is -2.38. The molecule has 1 aliphatic rings. The molecule has 7 heteroatoms. The van der Waals surface area contributed by atoms with Crippen LogP contribution in [0.2, 0.25) is 0 Å². The van der Waals surface area contributed by atoms with Gasteiger partial charge in [0.05, 0.1) is 0 Å². The summed E-state index contributed by atoms with van der Waals surface area (Å²) in [4.78, 5) is 0.110. The quantitative estimate of drug-likeness (QED) is 0.847. The van der Waals surface area contributed by atoms with Crippen molar-refractivity contribution in [2.24, 2.45) is 5.41 Å². The first-order valence-electron chi connectivity index (χ1n) is 6.44. The first kappa shape index (κ1) is 14.5. The third-order valence-electron chi connectivity index (χ3n) is 3.87. The Morgan fingerprint density at radius 3 is 2.47 bits per heavy atom. The molecule has 0 aliphatic heterocycles. The fourth-order valence-electron chi connectivity index (χ4n) is 2.69. The zero-order valence-corrected chi connectivity index (χ0v) is 12.1. The van der Waals surface area contributed by atoms with E-state index in [4.69, 9.17) is 4.52 Å². The van der Waals surface area contributed by atoms with E-state index in [9.17, 15) is 13.5 Å². The standard InChI is InChI=1S/C12H20N2O4S/c1-9-11(10(2)18-14-9)19(16,17)13-7-12(8-15)5-3-4-6-12/h13,15H,3-8H2,1-2H3.